The molecule has 1 fully saturated rings. The van der Waals surface area contributed by atoms with E-state index < -0.39 is 0 Å². The van der Waals surface area contributed by atoms with Gasteiger partial charge in [0.1, 0.15) is 0 Å². The predicted octanol–water partition coefficient (Wildman–Crippen LogP) is 5.28. The van der Waals surface area contributed by atoms with Crippen molar-refractivity contribution in [3.8, 4) is 0 Å². The molecule has 0 amide bonds. The van der Waals surface area contributed by atoms with Gasteiger partial charge in [0, 0.05) is 28.8 Å². The second kappa shape index (κ2) is 5.60. The van der Waals surface area contributed by atoms with Gasteiger partial charge < -0.3 is 10.1 Å². The molecule has 0 radical (unpaired) electrons. The molecular weight excluding hydrogens is 294 g/mol. The van der Waals surface area contributed by atoms with E-state index in [1.54, 1.807) is 0 Å². The van der Waals surface area contributed by atoms with Crippen LogP contribution in [0.2, 0.25) is 5.02 Å². The van der Waals surface area contributed by atoms with Gasteiger partial charge in [0.2, 0.25) is 0 Å². The van der Waals surface area contributed by atoms with Gasteiger partial charge in [-0.1, -0.05) is 41.9 Å². The Balaban J connectivity index is 1.79. The molecule has 2 heterocycles. The third-order valence-corrected chi connectivity index (χ3v) is 5.19. The maximum Gasteiger partial charge on any atom is 0.0895 e. The molecule has 1 N–H and O–H groups in total. The van der Waals surface area contributed by atoms with Crippen LogP contribution in [0.4, 0.5) is 5.69 Å². The van der Waals surface area contributed by atoms with Crippen molar-refractivity contribution in [3.63, 3.8) is 0 Å². The normalized spacial score (nSPS) is 26.7. The number of rotatable bonds is 1. The molecule has 0 saturated carbocycles. The zero-order valence-electron chi connectivity index (χ0n) is 12.7. The van der Waals surface area contributed by atoms with Gasteiger partial charge >= 0.3 is 0 Å². The molecule has 22 heavy (non-hydrogen) atoms. The Morgan fingerprint density at radius 3 is 2.77 bits per heavy atom. The Kier molecular flexibility index (Phi) is 3.59. The third-order valence-electron chi connectivity index (χ3n) is 4.94. The molecule has 2 aliphatic rings. The first kappa shape index (κ1) is 14.1. The molecule has 0 unspecified atom stereocenters. The Labute approximate surface area is 136 Å². The van der Waals surface area contributed by atoms with E-state index in [1.165, 1.54) is 28.8 Å². The summed E-state index contributed by atoms with van der Waals surface area (Å²) < 4.78 is 6.17. The van der Waals surface area contributed by atoms with Crippen LogP contribution in [-0.2, 0) is 4.74 Å². The van der Waals surface area contributed by atoms with Crippen LogP contribution in [0.3, 0.4) is 0 Å². The van der Waals surface area contributed by atoms with E-state index in [9.17, 15) is 0 Å². The molecule has 4 rings (SSSR count). The summed E-state index contributed by atoms with van der Waals surface area (Å²) in [5.74, 6) is 0.476. The van der Waals surface area contributed by atoms with Gasteiger partial charge in [-0.2, -0.15) is 0 Å². The van der Waals surface area contributed by atoms with Crippen molar-refractivity contribution in [2.75, 3.05) is 11.9 Å². The number of hydrogen-bond donors (Lipinski definition) is 1. The predicted molar refractivity (Wildman–Crippen MR) is 90.4 cm³/mol. The molecule has 0 bridgehead atoms. The first-order valence-electron chi connectivity index (χ1n) is 7.97. The van der Waals surface area contributed by atoms with E-state index in [0.29, 0.717) is 5.92 Å². The summed E-state index contributed by atoms with van der Waals surface area (Å²) in [5.41, 5.74) is 5.13. The monoisotopic (exact) mass is 313 g/mol. The number of para-hydroxylation sites is 1. The third kappa shape index (κ3) is 2.31. The van der Waals surface area contributed by atoms with E-state index >= 15 is 0 Å². The summed E-state index contributed by atoms with van der Waals surface area (Å²) in [6.07, 6.45) is 2.53. The Hall–Kier alpha value is -1.51. The molecule has 2 aliphatic heterocycles. The lowest BCUT2D eigenvalue weighted by molar-refractivity contribution is -0.0381. The molecule has 114 valence electrons. The summed E-state index contributed by atoms with van der Waals surface area (Å²) in [6, 6.07) is 15.0. The van der Waals surface area contributed by atoms with Crippen molar-refractivity contribution in [2.45, 2.75) is 31.9 Å². The second-order valence-electron chi connectivity index (χ2n) is 6.31. The van der Waals surface area contributed by atoms with Crippen molar-refractivity contribution in [1.29, 1.82) is 0 Å². The van der Waals surface area contributed by atoms with E-state index in [1.807, 2.05) is 12.1 Å². The smallest absolute Gasteiger partial charge is 0.0895 e. The Morgan fingerprint density at radius 2 is 1.95 bits per heavy atom. The highest BCUT2D eigenvalue weighted by Crippen LogP contribution is 2.49. The van der Waals surface area contributed by atoms with Crippen LogP contribution in [0.15, 0.2) is 42.5 Å². The van der Waals surface area contributed by atoms with E-state index in [4.69, 9.17) is 16.3 Å². The highest BCUT2D eigenvalue weighted by Gasteiger charge is 2.40. The largest absolute Gasteiger partial charge is 0.377 e. The summed E-state index contributed by atoms with van der Waals surface area (Å²) >= 11 is 6.05. The molecule has 1 saturated heterocycles. The van der Waals surface area contributed by atoms with Gasteiger partial charge in [-0.05, 0) is 43.0 Å². The van der Waals surface area contributed by atoms with Crippen LogP contribution in [0.5, 0.6) is 0 Å². The molecular formula is C19H20ClNO. The standard InChI is InChI=1S/C19H20ClNO/c1-12-4-2-5-15-17(12)21-18(13-7-9-14(20)10-8-13)16-6-3-11-22-19(15)16/h2,4-5,7-10,16,18-19,21H,3,6,11H2,1H3/t16-,18+,19+/m1/s1. The molecule has 2 aromatic carbocycles. The van der Waals surface area contributed by atoms with Crippen LogP contribution in [0.25, 0.3) is 0 Å². The van der Waals surface area contributed by atoms with Gasteiger partial charge in [0.25, 0.3) is 0 Å². The lowest BCUT2D eigenvalue weighted by Gasteiger charge is -2.44. The fraction of sp³-hybridized carbons (Fsp3) is 0.368. The number of ether oxygens (including phenoxy) is 1. The second-order valence-corrected chi connectivity index (χ2v) is 6.75. The molecule has 0 spiro atoms. The number of fused-ring (bicyclic) bond motifs is 3. The van der Waals surface area contributed by atoms with E-state index in [-0.39, 0.29) is 12.1 Å². The van der Waals surface area contributed by atoms with Gasteiger partial charge in [-0.25, -0.2) is 0 Å². The molecule has 3 heteroatoms. The van der Waals surface area contributed by atoms with Gasteiger partial charge in [-0.3, -0.25) is 0 Å². The van der Waals surface area contributed by atoms with E-state index in [0.717, 1.165) is 18.1 Å². The average Bonchev–Trinajstić information content (AvgIpc) is 2.55. The quantitative estimate of drug-likeness (QED) is 0.773. The summed E-state index contributed by atoms with van der Waals surface area (Å²) in [7, 11) is 0. The molecule has 3 atom stereocenters. The minimum atomic E-state index is 0.200. The van der Waals surface area contributed by atoms with Crippen LogP contribution >= 0.6 is 11.6 Å². The van der Waals surface area contributed by atoms with Crippen molar-refractivity contribution >= 4 is 17.3 Å². The number of hydrogen-bond acceptors (Lipinski definition) is 2. The van der Waals surface area contributed by atoms with E-state index in [2.05, 4.69) is 42.6 Å². The van der Waals surface area contributed by atoms with Crippen molar-refractivity contribution in [2.24, 2.45) is 5.92 Å². The maximum atomic E-state index is 6.17. The topological polar surface area (TPSA) is 21.3 Å². The first-order chi connectivity index (χ1) is 10.7. The molecule has 2 aromatic rings. The number of nitrogens with one attached hydrogen (secondary N) is 1. The number of anilines is 1. The highest BCUT2D eigenvalue weighted by molar-refractivity contribution is 6.30. The zero-order valence-corrected chi connectivity index (χ0v) is 13.4. The zero-order chi connectivity index (χ0) is 15.1. The fourth-order valence-electron chi connectivity index (χ4n) is 3.85. The SMILES string of the molecule is Cc1cccc2c1N[C@@H](c1ccc(Cl)cc1)[C@H]1CCCO[C@@H]21. The van der Waals surface area contributed by atoms with Gasteiger partial charge in [0.05, 0.1) is 12.1 Å². The van der Waals surface area contributed by atoms with Crippen molar-refractivity contribution in [3.05, 3.63) is 64.2 Å². The van der Waals surface area contributed by atoms with Crippen LogP contribution in [0.1, 0.15) is 41.7 Å². The molecule has 0 aliphatic carbocycles. The Morgan fingerprint density at radius 1 is 1.14 bits per heavy atom. The van der Waals surface area contributed by atoms with Crippen molar-refractivity contribution in [1.82, 2.24) is 0 Å². The summed E-state index contributed by atoms with van der Waals surface area (Å²) in [6.45, 7) is 3.02. The van der Waals surface area contributed by atoms with Crippen molar-refractivity contribution < 1.29 is 4.74 Å². The van der Waals surface area contributed by atoms with Crippen LogP contribution in [-0.4, -0.2) is 6.61 Å². The minimum Gasteiger partial charge on any atom is -0.377 e. The fourth-order valence-corrected chi connectivity index (χ4v) is 3.98. The molecule has 2 nitrogen and oxygen atoms in total. The van der Waals surface area contributed by atoms with Gasteiger partial charge in [-0.15, -0.1) is 0 Å². The summed E-state index contributed by atoms with van der Waals surface area (Å²) in [5, 5.41) is 4.56. The van der Waals surface area contributed by atoms with Crippen LogP contribution in [0, 0.1) is 12.8 Å². The maximum absolute atomic E-state index is 6.17. The number of benzene rings is 2. The van der Waals surface area contributed by atoms with Crippen LogP contribution < -0.4 is 5.32 Å². The summed E-state index contributed by atoms with van der Waals surface area (Å²) in [4.78, 5) is 0. The Bertz CT molecular complexity index is 682. The highest BCUT2D eigenvalue weighted by atomic mass is 35.5. The number of aryl methyl sites for hydroxylation is 1. The lowest BCUT2D eigenvalue weighted by atomic mass is 9.77. The number of halogens is 1. The van der Waals surface area contributed by atoms with Gasteiger partial charge in [0.15, 0.2) is 0 Å². The minimum absolute atomic E-state index is 0.200. The molecule has 0 aromatic heterocycles. The lowest BCUT2D eigenvalue weighted by Crippen LogP contribution is -2.36. The first-order valence-corrected chi connectivity index (χ1v) is 8.35. The average molecular weight is 314 g/mol.